The Hall–Kier alpha value is -2.21. The van der Waals surface area contributed by atoms with Crippen molar-refractivity contribution in [1.29, 1.82) is 0 Å². The number of rotatable bonds is 4. The summed E-state index contributed by atoms with van der Waals surface area (Å²) in [5, 5.41) is 7.11. The van der Waals surface area contributed by atoms with E-state index in [1.54, 1.807) is 10.6 Å². The van der Waals surface area contributed by atoms with Crippen molar-refractivity contribution in [1.82, 2.24) is 9.88 Å². The standard InChI is InChI=1S/C16H16FN3OS/c1-11(22)18-10-13-9-15(19-21-13)12-4-5-16(14(17)8-12)20-6-2-3-7-20/h2-8,13H,9-10H2,1H3,(H,18,22)/t13-/m1/s1. The van der Waals surface area contributed by atoms with Crippen LogP contribution >= 0.6 is 12.2 Å². The van der Waals surface area contributed by atoms with E-state index in [0.29, 0.717) is 18.7 Å². The van der Waals surface area contributed by atoms with Crippen molar-refractivity contribution < 1.29 is 9.23 Å². The zero-order chi connectivity index (χ0) is 15.5. The first-order valence-corrected chi connectivity index (χ1v) is 7.44. The molecule has 0 fully saturated rings. The van der Waals surface area contributed by atoms with Crippen molar-refractivity contribution in [3.05, 3.63) is 54.1 Å². The Morgan fingerprint density at radius 1 is 1.45 bits per heavy atom. The van der Waals surface area contributed by atoms with Crippen LogP contribution in [0.4, 0.5) is 4.39 Å². The summed E-state index contributed by atoms with van der Waals surface area (Å²) in [5.74, 6) is -0.285. The fourth-order valence-electron chi connectivity index (χ4n) is 2.36. The number of hydrogen-bond acceptors (Lipinski definition) is 3. The molecule has 1 aliphatic rings. The minimum absolute atomic E-state index is 0.0694. The van der Waals surface area contributed by atoms with E-state index in [1.165, 1.54) is 6.07 Å². The van der Waals surface area contributed by atoms with Crippen LogP contribution in [0.1, 0.15) is 18.9 Å². The maximum atomic E-state index is 14.3. The SMILES string of the molecule is CC(=S)NC[C@H]1CC(c2ccc(-n3cccc3)c(F)c2)=NO1. The van der Waals surface area contributed by atoms with Gasteiger partial charge in [-0.05, 0) is 31.2 Å². The summed E-state index contributed by atoms with van der Waals surface area (Å²) in [7, 11) is 0. The van der Waals surface area contributed by atoms with Crippen LogP contribution in [0.3, 0.4) is 0 Å². The average Bonchev–Trinajstić information content (AvgIpc) is 3.16. The Balaban J connectivity index is 1.71. The second-order valence-corrected chi connectivity index (χ2v) is 5.78. The van der Waals surface area contributed by atoms with Gasteiger partial charge in [0.2, 0.25) is 0 Å². The van der Waals surface area contributed by atoms with Gasteiger partial charge in [-0.3, -0.25) is 0 Å². The number of nitrogens with zero attached hydrogens (tertiary/aromatic N) is 2. The second-order valence-electron chi connectivity index (χ2n) is 5.16. The molecule has 0 saturated heterocycles. The van der Waals surface area contributed by atoms with E-state index in [2.05, 4.69) is 10.5 Å². The molecular formula is C16H16FN3OS. The van der Waals surface area contributed by atoms with Gasteiger partial charge in [0.25, 0.3) is 0 Å². The highest BCUT2D eigenvalue weighted by Gasteiger charge is 2.22. The Kier molecular flexibility index (Phi) is 4.20. The molecule has 0 aliphatic carbocycles. The lowest BCUT2D eigenvalue weighted by Crippen LogP contribution is -2.29. The second kappa shape index (κ2) is 6.27. The summed E-state index contributed by atoms with van der Waals surface area (Å²) in [5.41, 5.74) is 2.02. The number of thiocarbonyl (C=S) groups is 1. The van der Waals surface area contributed by atoms with E-state index in [9.17, 15) is 4.39 Å². The van der Waals surface area contributed by atoms with Gasteiger partial charge in [-0.1, -0.05) is 23.4 Å². The lowest BCUT2D eigenvalue weighted by molar-refractivity contribution is 0.0887. The van der Waals surface area contributed by atoms with Crippen LogP contribution in [0.5, 0.6) is 0 Å². The maximum absolute atomic E-state index is 14.3. The fourth-order valence-corrected chi connectivity index (χ4v) is 2.44. The minimum atomic E-state index is -0.285. The van der Waals surface area contributed by atoms with Crippen molar-refractivity contribution >= 4 is 22.9 Å². The lowest BCUT2D eigenvalue weighted by atomic mass is 10.0. The van der Waals surface area contributed by atoms with E-state index in [0.717, 1.165) is 16.3 Å². The highest BCUT2D eigenvalue weighted by Crippen LogP contribution is 2.20. The Morgan fingerprint density at radius 2 is 2.23 bits per heavy atom. The number of oxime groups is 1. The quantitative estimate of drug-likeness (QED) is 0.881. The van der Waals surface area contributed by atoms with Crippen molar-refractivity contribution in [3.8, 4) is 5.69 Å². The van der Waals surface area contributed by atoms with Gasteiger partial charge < -0.3 is 14.7 Å². The summed E-state index contributed by atoms with van der Waals surface area (Å²) in [6.45, 7) is 2.42. The van der Waals surface area contributed by atoms with Gasteiger partial charge in [0, 0.05) is 24.4 Å². The fraction of sp³-hybridized carbons (Fsp3) is 0.250. The highest BCUT2D eigenvalue weighted by atomic mass is 32.1. The van der Waals surface area contributed by atoms with E-state index in [-0.39, 0.29) is 11.9 Å². The molecule has 6 heteroatoms. The molecule has 1 aromatic heterocycles. The van der Waals surface area contributed by atoms with Crippen LogP contribution in [0.15, 0.2) is 47.9 Å². The van der Waals surface area contributed by atoms with E-state index in [4.69, 9.17) is 17.1 Å². The van der Waals surface area contributed by atoms with Crippen LogP contribution in [-0.2, 0) is 4.84 Å². The molecule has 1 atom stereocenters. The molecular weight excluding hydrogens is 301 g/mol. The number of hydrogen-bond donors (Lipinski definition) is 1. The van der Waals surface area contributed by atoms with Gasteiger partial charge in [0.05, 0.1) is 22.9 Å². The smallest absolute Gasteiger partial charge is 0.150 e. The zero-order valence-corrected chi connectivity index (χ0v) is 12.9. The van der Waals surface area contributed by atoms with E-state index < -0.39 is 0 Å². The van der Waals surface area contributed by atoms with E-state index >= 15 is 0 Å². The molecule has 2 heterocycles. The molecule has 0 unspecified atom stereocenters. The van der Waals surface area contributed by atoms with Crippen molar-refractivity contribution in [2.24, 2.45) is 5.16 Å². The molecule has 0 bridgehead atoms. The molecule has 1 aliphatic heterocycles. The molecule has 114 valence electrons. The third-order valence-corrected chi connectivity index (χ3v) is 3.62. The largest absolute Gasteiger partial charge is 0.390 e. The Labute approximate surface area is 133 Å². The first-order valence-electron chi connectivity index (χ1n) is 7.04. The number of halogens is 1. The summed E-state index contributed by atoms with van der Waals surface area (Å²) in [6.07, 6.45) is 4.19. The monoisotopic (exact) mass is 317 g/mol. The molecule has 4 nitrogen and oxygen atoms in total. The molecule has 1 N–H and O–H groups in total. The number of nitrogens with one attached hydrogen (secondary N) is 1. The normalized spacial score (nSPS) is 17.0. The molecule has 0 saturated carbocycles. The number of aromatic nitrogens is 1. The van der Waals surface area contributed by atoms with Crippen LogP contribution < -0.4 is 5.32 Å². The lowest BCUT2D eigenvalue weighted by Gasteiger charge is -2.09. The summed E-state index contributed by atoms with van der Waals surface area (Å²) < 4.78 is 16.0. The van der Waals surface area contributed by atoms with Crippen LogP contribution in [-0.4, -0.2) is 27.9 Å². The van der Waals surface area contributed by atoms with Crippen LogP contribution in [0, 0.1) is 5.82 Å². The summed E-state index contributed by atoms with van der Waals surface area (Å²) >= 11 is 4.97. The molecule has 0 radical (unpaired) electrons. The molecule has 1 aromatic carbocycles. The van der Waals surface area contributed by atoms with Crippen molar-refractivity contribution in [3.63, 3.8) is 0 Å². The van der Waals surface area contributed by atoms with Gasteiger partial charge in [0.15, 0.2) is 0 Å². The maximum Gasteiger partial charge on any atom is 0.150 e. The number of benzene rings is 1. The third-order valence-electron chi connectivity index (χ3n) is 3.48. The molecule has 0 spiro atoms. The molecule has 22 heavy (non-hydrogen) atoms. The Bertz CT molecular complexity index is 712. The average molecular weight is 317 g/mol. The summed E-state index contributed by atoms with van der Waals surface area (Å²) in [6, 6.07) is 8.83. The van der Waals surface area contributed by atoms with Gasteiger partial charge in [0.1, 0.15) is 11.9 Å². The predicted molar refractivity (Wildman–Crippen MR) is 88.0 cm³/mol. The van der Waals surface area contributed by atoms with E-state index in [1.807, 2.05) is 37.5 Å². The van der Waals surface area contributed by atoms with Crippen molar-refractivity contribution in [2.75, 3.05) is 6.54 Å². The van der Waals surface area contributed by atoms with Crippen LogP contribution in [0.2, 0.25) is 0 Å². The summed E-state index contributed by atoms with van der Waals surface area (Å²) in [4.78, 5) is 6.07. The first kappa shape index (κ1) is 14.7. The van der Waals surface area contributed by atoms with Gasteiger partial charge in [-0.25, -0.2) is 4.39 Å². The predicted octanol–water partition coefficient (Wildman–Crippen LogP) is 3.05. The Morgan fingerprint density at radius 3 is 2.91 bits per heavy atom. The molecule has 0 amide bonds. The zero-order valence-electron chi connectivity index (χ0n) is 12.1. The van der Waals surface area contributed by atoms with Gasteiger partial charge >= 0.3 is 0 Å². The minimum Gasteiger partial charge on any atom is -0.390 e. The van der Waals surface area contributed by atoms with Gasteiger partial charge in [-0.15, -0.1) is 0 Å². The van der Waals surface area contributed by atoms with Crippen LogP contribution in [0.25, 0.3) is 5.69 Å². The molecule has 2 aromatic rings. The third kappa shape index (κ3) is 3.17. The van der Waals surface area contributed by atoms with Crippen molar-refractivity contribution in [2.45, 2.75) is 19.4 Å². The highest BCUT2D eigenvalue weighted by molar-refractivity contribution is 7.80. The first-order chi connectivity index (χ1) is 10.6. The molecule has 3 rings (SSSR count). The van der Waals surface area contributed by atoms with Gasteiger partial charge in [-0.2, -0.15) is 0 Å². The topological polar surface area (TPSA) is 38.5 Å².